The first-order valence-corrected chi connectivity index (χ1v) is 15.4. The Hall–Kier alpha value is -2.93. The summed E-state index contributed by atoms with van der Waals surface area (Å²) < 4.78 is 26.9. The molecule has 1 unspecified atom stereocenters. The van der Waals surface area contributed by atoms with Crippen LogP contribution in [0.2, 0.25) is 0 Å². The molecule has 4 fully saturated rings. The summed E-state index contributed by atoms with van der Waals surface area (Å²) >= 11 is 7.14. The molecular weight excluding hydrogens is 604 g/mol. The molecule has 7 rings (SSSR count). The van der Waals surface area contributed by atoms with Crippen molar-refractivity contribution < 1.29 is 49.0 Å². The Morgan fingerprint density at radius 2 is 1.69 bits per heavy atom. The number of aliphatic hydroxyl groups is 4. The third-order valence-electron chi connectivity index (χ3n) is 10.8. The maximum atomic E-state index is 13.8. The number of aliphatic hydroxyl groups excluding tert-OH is 2. The average Bonchev–Trinajstić information content (AvgIpc) is 3.43. The first kappa shape index (κ1) is 30.7. The highest BCUT2D eigenvalue weighted by Gasteiger charge is 2.87. The fourth-order valence-electron chi connectivity index (χ4n) is 8.69. The second-order valence-corrected chi connectivity index (χ2v) is 13.5. The number of benzene rings is 2. The van der Waals surface area contributed by atoms with E-state index in [-0.39, 0.29) is 11.1 Å². The van der Waals surface area contributed by atoms with Gasteiger partial charge in [-0.3, -0.25) is 4.79 Å². The van der Waals surface area contributed by atoms with Crippen LogP contribution in [0.1, 0.15) is 36.7 Å². The second kappa shape index (κ2) is 9.79. The van der Waals surface area contributed by atoms with Gasteiger partial charge < -0.3 is 39.4 Å². The summed E-state index contributed by atoms with van der Waals surface area (Å²) in [7, 11) is 0. The Morgan fingerprint density at radius 3 is 2.29 bits per heavy atom. The standard InChI is InChI=1S/C34H35ClO10/c1-17(2)32-26(42-28(38)20-11-7-5-8-12-20)19(4)33-22-15-18(3)25(37)31(22,41)29(39)30(40,16-36)24(35)23(33)27(32)43-34(44-32,45-33)21-13-9-6-10-14-21/h5-15,19,22-24,26-27,29,36,39-41H,1,16H2,2-4H3/t19-,22-,23+,24-,26-,27-,29-,30+,31-,32+,33+,34?/m1/s1. The number of esters is 1. The van der Waals surface area contributed by atoms with E-state index in [2.05, 4.69) is 6.58 Å². The van der Waals surface area contributed by atoms with Gasteiger partial charge in [0.25, 0.3) is 0 Å². The van der Waals surface area contributed by atoms with Crippen LogP contribution in [0.3, 0.4) is 0 Å². The molecule has 12 atom stereocenters. The Kier molecular flexibility index (Phi) is 6.68. The number of hydrogen-bond donors (Lipinski definition) is 4. The Morgan fingerprint density at radius 1 is 1.07 bits per heavy atom. The van der Waals surface area contributed by atoms with Gasteiger partial charge in [-0.1, -0.05) is 68.1 Å². The molecule has 0 radical (unpaired) electrons. The monoisotopic (exact) mass is 638 g/mol. The van der Waals surface area contributed by atoms with Crippen LogP contribution in [0, 0.1) is 17.8 Å². The van der Waals surface area contributed by atoms with E-state index in [9.17, 15) is 30.0 Å². The fraction of sp³-hybridized carbons (Fsp3) is 0.471. The molecule has 0 spiro atoms. The largest absolute Gasteiger partial charge is 0.455 e. The molecule has 45 heavy (non-hydrogen) atoms. The van der Waals surface area contributed by atoms with Crippen molar-refractivity contribution >= 4 is 23.4 Å². The van der Waals surface area contributed by atoms with Crippen molar-refractivity contribution in [3.05, 3.63) is 95.6 Å². The summed E-state index contributed by atoms with van der Waals surface area (Å²) in [5.74, 6) is -6.94. The molecule has 2 heterocycles. The fourth-order valence-corrected chi connectivity index (χ4v) is 9.20. The molecule has 3 bridgehead atoms. The zero-order valence-corrected chi connectivity index (χ0v) is 25.7. The van der Waals surface area contributed by atoms with Crippen molar-refractivity contribution in [2.75, 3.05) is 6.61 Å². The van der Waals surface area contributed by atoms with Gasteiger partial charge in [-0.15, -0.1) is 11.6 Å². The van der Waals surface area contributed by atoms with E-state index < -0.39 is 88.2 Å². The van der Waals surface area contributed by atoms with Crippen LogP contribution in [-0.2, 0) is 29.7 Å². The number of hydrogen-bond acceptors (Lipinski definition) is 10. The summed E-state index contributed by atoms with van der Waals surface area (Å²) in [5, 5.41) is 45.0. The van der Waals surface area contributed by atoms with Gasteiger partial charge in [0, 0.05) is 23.3 Å². The molecule has 11 heteroatoms. The molecule has 10 nitrogen and oxygen atoms in total. The number of carbonyl (C=O) groups is 2. The molecule has 0 amide bonds. The van der Waals surface area contributed by atoms with Gasteiger partial charge in [0.05, 0.1) is 23.1 Å². The van der Waals surface area contributed by atoms with Gasteiger partial charge in [-0.2, -0.15) is 0 Å². The number of carbonyl (C=O) groups excluding carboxylic acids is 2. The predicted octanol–water partition coefficient (Wildman–Crippen LogP) is 2.37. The van der Waals surface area contributed by atoms with E-state index in [0.29, 0.717) is 11.1 Å². The van der Waals surface area contributed by atoms with Crippen molar-refractivity contribution in [3.8, 4) is 0 Å². The lowest BCUT2D eigenvalue weighted by atomic mass is 9.53. The van der Waals surface area contributed by atoms with Crippen LogP contribution in [0.15, 0.2) is 84.5 Å². The summed E-state index contributed by atoms with van der Waals surface area (Å²) in [6, 6.07) is 17.1. The van der Waals surface area contributed by atoms with Gasteiger partial charge in [0.2, 0.25) is 0 Å². The molecule has 0 aromatic heterocycles. The molecule has 238 valence electrons. The SMILES string of the molecule is C=C(C)[C@@]12OC3(c4ccccc4)O[C@@H]1[C@@H]1[C@@H](Cl)[C@@](O)(CO)[C@@H](O)[C@]4(O)C(=O)C(C)=C[C@H]4[C@@]1(O3)[C@H](C)[C@H]2OC(=O)c1ccccc1. The minimum atomic E-state index is -2.69. The molecule has 2 aromatic rings. The number of fused-ring (bicyclic) bond motifs is 2. The van der Waals surface area contributed by atoms with Crippen molar-refractivity contribution in [1.29, 1.82) is 0 Å². The van der Waals surface area contributed by atoms with E-state index in [0.717, 1.165) is 0 Å². The van der Waals surface area contributed by atoms with Gasteiger partial charge in [0.1, 0.15) is 23.9 Å². The van der Waals surface area contributed by atoms with Crippen molar-refractivity contribution in [3.63, 3.8) is 0 Å². The molecule has 2 aromatic carbocycles. The van der Waals surface area contributed by atoms with E-state index in [4.69, 9.17) is 30.5 Å². The Labute approximate surface area is 264 Å². The van der Waals surface area contributed by atoms with Crippen molar-refractivity contribution in [2.45, 2.75) is 72.8 Å². The maximum absolute atomic E-state index is 13.8. The number of rotatable bonds is 5. The van der Waals surface area contributed by atoms with E-state index in [1.54, 1.807) is 74.5 Å². The zero-order chi connectivity index (χ0) is 32.3. The number of Topliss-reactive ketones (excluding diaryl/α,β-unsaturated/α-hetero) is 1. The normalized spacial score (nSPS) is 46.2. The van der Waals surface area contributed by atoms with E-state index in [1.165, 1.54) is 13.0 Å². The minimum absolute atomic E-state index is 0.113. The third-order valence-corrected chi connectivity index (χ3v) is 11.5. The van der Waals surface area contributed by atoms with E-state index >= 15 is 0 Å². The van der Waals surface area contributed by atoms with Crippen molar-refractivity contribution in [2.24, 2.45) is 17.8 Å². The van der Waals surface area contributed by atoms with Crippen LogP contribution in [0.5, 0.6) is 0 Å². The quantitative estimate of drug-likeness (QED) is 0.218. The smallest absolute Gasteiger partial charge is 0.338 e. The summed E-state index contributed by atoms with van der Waals surface area (Å²) in [4.78, 5) is 27.5. The van der Waals surface area contributed by atoms with Gasteiger partial charge in [-0.25, -0.2) is 4.79 Å². The lowest BCUT2D eigenvalue weighted by molar-refractivity contribution is -0.438. The van der Waals surface area contributed by atoms with Crippen LogP contribution in [0.25, 0.3) is 0 Å². The van der Waals surface area contributed by atoms with Crippen molar-refractivity contribution in [1.82, 2.24) is 0 Å². The molecule has 2 aliphatic heterocycles. The maximum Gasteiger partial charge on any atom is 0.338 e. The predicted molar refractivity (Wildman–Crippen MR) is 159 cm³/mol. The topological polar surface area (TPSA) is 152 Å². The first-order chi connectivity index (χ1) is 21.3. The minimum Gasteiger partial charge on any atom is -0.455 e. The molecule has 4 N–H and O–H groups in total. The summed E-state index contributed by atoms with van der Waals surface area (Å²) in [6.45, 7) is 8.05. The molecule has 5 aliphatic rings. The van der Waals surface area contributed by atoms with Crippen LogP contribution < -0.4 is 0 Å². The Bertz CT molecular complexity index is 1620. The molecular formula is C34H35ClO10. The van der Waals surface area contributed by atoms with Crippen LogP contribution in [-0.4, -0.2) is 84.9 Å². The van der Waals surface area contributed by atoms with Crippen LogP contribution in [0.4, 0.5) is 0 Å². The number of ketones is 1. The number of alkyl halides is 1. The van der Waals surface area contributed by atoms with Gasteiger partial charge in [0.15, 0.2) is 17.0 Å². The molecule has 3 aliphatic carbocycles. The van der Waals surface area contributed by atoms with Gasteiger partial charge >= 0.3 is 11.9 Å². The summed E-state index contributed by atoms with van der Waals surface area (Å²) in [6.07, 6.45) is -3.10. The first-order valence-electron chi connectivity index (χ1n) is 14.9. The number of halogens is 1. The highest BCUT2D eigenvalue weighted by atomic mass is 35.5. The highest BCUT2D eigenvalue weighted by molar-refractivity contribution is 6.22. The van der Waals surface area contributed by atoms with E-state index in [1.807, 2.05) is 0 Å². The zero-order valence-electron chi connectivity index (χ0n) is 24.9. The molecule has 2 saturated carbocycles. The highest BCUT2D eigenvalue weighted by Crippen LogP contribution is 2.72. The average molecular weight is 639 g/mol. The lowest BCUT2D eigenvalue weighted by Gasteiger charge is -2.62. The third kappa shape index (κ3) is 3.54. The second-order valence-electron chi connectivity index (χ2n) is 13.0. The Balaban J connectivity index is 1.54. The number of ether oxygens (including phenoxy) is 4. The lowest BCUT2D eigenvalue weighted by Crippen LogP contribution is -2.76. The van der Waals surface area contributed by atoms with Crippen LogP contribution >= 0.6 is 11.6 Å². The summed E-state index contributed by atoms with van der Waals surface area (Å²) in [5.41, 5.74) is -7.51. The molecule has 2 saturated heterocycles. The van der Waals surface area contributed by atoms with Gasteiger partial charge in [-0.05, 0) is 37.1 Å².